The molecule has 98 valence electrons. The van der Waals surface area contributed by atoms with Gasteiger partial charge < -0.3 is 10.8 Å². The Labute approximate surface area is 104 Å². The number of nitrogens with two attached hydrogens (primary N) is 1. The van der Waals surface area contributed by atoms with Crippen molar-refractivity contribution in [1.29, 1.82) is 0 Å². The molecule has 1 unspecified atom stereocenters. The second kappa shape index (κ2) is 6.17. The summed E-state index contributed by atoms with van der Waals surface area (Å²) in [6.07, 6.45) is 3.20. The molecule has 3 N–H and O–H groups in total. The summed E-state index contributed by atoms with van der Waals surface area (Å²) in [6.45, 7) is 7.36. The lowest BCUT2D eigenvalue weighted by Crippen LogP contribution is -2.40. The maximum atomic E-state index is 10.4. The Kier molecular flexibility index (Phi) is 5.15. The van der Waals surface area contributed by atoms with Crippen LogP contribution in [0.4, 0.5) is 0 Å². The molecule has 0 aliphatic carbocycles. The minimum atomic E-state index is -0.785. The Bertz CT molecular complexity index is 348. The SMILES string of the molecule is CCCC(O)(CN)Cc1cc(CC)nn1CC. The standard InChI is InChI=1S/C13H25N3O/c1-4-7-13(17,10-14)9-12-8-11(5-2)15-16(12)6-3/h8,17H,4-7,9-10,14H2,1-3H3. The summed E-state index contributed by atoms with van der Waals surface area (Å²) in [7, 11) is 0. The fraction of sp³-hybridized carbons (Fsp3) is 0.769. The molecule has 1 heterocycles. The van der Waals surface area contributed by atoms with Crippen molar-refractivity contribution in [3.8, 4) is 0 Å². The van der Waals surface area contributed by atoms with Crippen LogP contribution < -0.4 is 5.73 Å². The quantitative estimate of drug-likeness (QED) is 0.758. The van der Waals surface area contributed by atoms with Crippen LogP contribution in [0.5, 0.6) is 0 Å². The summed E-state index contributed by atoms with van der Waals surface area (Å²) in [5.74, 6) is 0. The third kappa shape index (κ3) is 3.54. The summed E-state index contributed by atoms with van der Waals surface area (Å²) < 4.78 is 1.97. The summed E-state index contributed by atoms with van der Waals surface area (Å²) in [5, 5.41) is 14.9. The van der Waals surface area contributed by atoms with Crippen molar-refractivity contribution in [2.24, 2.45) is 5.73 Å². The molecule has 0 amide bonds. The minimum Gasteiger partial charge on any atom is -0.388 e. The van der Waals surface area contributed by atoms with Gasteiger partial charge in [0.25, 0.3) is 0 Å². The topological polar surface area (TPSA) is 64.1 Å². The summed E-state index contributed by atoms with van der Waals surface area (Å²) in [5.41, 5.74) is 7.08. The maximum absolute atomic E-state index is 10.4. The summed E-state index contributed by atoms with van der Waals surface area (Å²) >= 11 is 0. The van der Waals surface area contributed by atoms with E-state index in [4.69, 9.17) is 5.73 Å². The van der Waals surface area contributed by atoms with Crippen LogP contribution >= 0.6 is 0 Å². The van der Waals surface area contributed by atoms with Crippen LogP contribution in [-0.2, 0) is 19.4 Å². The highest BCUT2D eigenvalue weighted by molar-refractivity contribution is 5.13. The van der Waals surface area contributed by atoms with Crippen molar-refractivity contribution in [2.45, 2.75) is 58.6 Å². The average molecular weight is 239 g/mol. The molecular weight excluding hydrogens is 214 g/mol. The Morgan fingerprint density at radius 1 is 1.41 bits per heavy atom. The van der Waals surface area contributed by atoms with Crippen LogP contribution in [0.3, 0.4) is 0 Å². The van der Waals surface area contributed by atoms with Gasteiger partial charge in [-0.1, -0.05) is 20.3 Å². The zero-order valence-corrected chi connectivity index (χ0v) is 11.2. The van der Waals surface area contributed by atoms with Gasteiger partial charge in [0.2, 0.25) is 0 Å². The number of rotatable bonds is 7. The number of aryl methyl sites for hydroxylation is 2. The lowest BCUT2D eigenvalue weighted by atomic mass is 9.92. The normalized spacial score (nSPS) is 14.9. The van der Waals surface area contributed by atoms with Gasteiger partial charge in [0.05, 0.1) is 11.3 Å². The van der Waals surface area contributed by atoms with Gasteiger partial charge in [-0.25, -0.2) is 0 Å². The first kappa shape index (κ1) is 14.2. The molecule has 1 aromatic heterocycles. The van der Waals surface area contributed by atoms with Crippen LogP contribution in [0.1, 0.15) is 45.0 Å². The third-order valence-electron chi connectivity index (χ3n) is 3.18. The molecule has 1 rings (SSSR count). The van der Waals surface area contributed by atoms with Gasteiger partial charge in [-0.3, -0.25) is 4.68 Å². The molecule has 4 heteroatoms. The Hall–Kier alpha value is -0.870. The van der Waals surface area contributed by atoms with Crippen molar-refractivity contribution in [1.82, 2.24) is 9.78 Å². The van der Waals surface area contributed by atoms with E-state index in [0.717, 1.165) is 37.2 Å². The molecule has 0 aromatic carbocycles. The van der Waals surface area contributed by atoms with E-state index < -0.39 is 5.60 Å². The van der Waals surface area contributed by atoms with Gasteiger partial charge in [-0.15, -0.1) is 0 Å². The first-order valence-electron chi connectivity index (χ1n) is 6.56. The zero-order chi connectivity index (χ0) is 12.9. The number of hydrogen-bond acceptors (Lipinski definition) is 3. The van der Waals surface area contributed by atoms with Crippen molar-refractivity contribution in [2.75, 3.05) is 6.54 Å². The van der Waals surface area contributed by atoms with E-state index in [1.807, 2.05) is 4.68 Å². The molecule has 17 heavy (non-hydrogen) atoms. The van der Waals surface area contributed by atoms with Crippen LogP contribution in [0.25, 0.3) is 0 Å². The Balaban J connectivity index is 2.88. The fourth-order valence-electron chi connectivity index (χ4n) is 2.17. The first-order chi connectivity index (χ1) is 8.08. The second-order valence-corrected chi connectivity index (χ2v) is 4.65. The van der Waals surface area contributed by atoms with Gasteiger partial charge in [0, 0.05) is 25.2 Å². The molecule has 0 saturated heterocycles. The third-order valence-corrected chi connectivity index (χ3v) is 3.18. The Morgan fingerprint density at radius 2 is 2.12 bits per heavy atom. The van der Waals surface area contributed by atoms with Crippen LogP contribution in [0, 0.1) is 0 Å². The second-order valence-electron chi connectivity index (χ2n) is 4.65. The molecule has 0 aliphatic heterocycles. The number of aromatic nitrogens is 2. The summed E-state index contributed by atoms with van der Waals surface area (Å²) in [4.78, 5) is 0. The Morgan fingerprint density at radius 3 is 2.59 bits per heavy atom. The number of nitrogens with zero attached hydrogens (tertiary/aromatic N) is 2. The largest absolute Gasteiger partial charge is 0.388 e. The van der Waals surface area contributed by atoms with Gasteiger partial charge in [0.15, 0.2) is 0 Å². The minimum absolute atomic E-state index is 0.303. The van der Waals surface area contributed by atoms with E-state index in [2.05, 4.69) is 31.9 Å². The van der Waals surface area contributed by atoms with Crippen LogP contribution in [-0.4, -0.2) is 27.0 Å². The van der Waals surface area contributed by atoms with E-state index in [0.29, 0.717) is 13.0 Å². The summed E-state index contributed by atoms with van der Waals surface area (Å²) in [6, 6.07) is 2.08. The van der Waals surface area contributed by atoms with Crippen LogP contribution in [0.15, 0.2) is 6.07 Å². The van der Waals surface area contributed by atoms with Crippen molar-refractivity contribution >= 4 is 0 Å². The lowest BCUT2D eigenvalue weighted by Gasteiger charge is -2.26. The molecule has 0 radical (unpaired) electrons. The fourth-order valence-corrected chi connectivity index (χ4v) is 2.17. The van der Waals surface area contributed by atoms with Crippen molar-refractivity contribution in [3.63, 3.8) is 0 Å². The van der Waals surface area contributed by atoms with E-state index in [9.17, 15) is 5.11 Å². The van der Waals surface area contributed by atoms with Crippen LogP contribution in [0.2, 0.25) is 0 Å². The van der Waals surface area contributed by atoms with Gasteiger partial charge in [-0.2, -0.15) is 5.10 Å². The smallest absolute Gasteiger partial charge is 0.0824 e. The highest BCUT2D eigenvalue weighted by atomic mass is 16.3. The molecule has 0 spiro atoms. The van der Waals surface area contributed by atoms with E-state index in [1.165, 1.54) is 0 Å². The predicted molar refractivity (Wildman–Crippen MR) is 69.9 cm³/mol. The average Bonchev–Trinajstić information content (AvgIpc) is 2.71. The van der Waals surface area contributed by atoms with Gasteiger partial charge >= 0.3 is 0 Å². The van der Waals surface area contributed by atoms with Gasteiger partial charge in [-0.05, 0) is 25.8 Å². The molecule has 0 aliphatic rings. The molecule has 0 fully saturated rings. The highest BCUT2D eigenvalue weighted by Crippen LogP contribution is 2.19. The first-order valence-corrected chi connectivity index (χ1v) is 6.56. The molecule has 0 bridgehead atoms. The van der Waals surface area contributed by atoms with Crippen molar-refractivity contribution < 1.29 is 5.11 Å². The van der Waals surface area contributed by atoms with E-state index >= 15 is 0 Å². The lowest BCUT2D eigenvalue weighted by molar-refractivity contribution is 0.0379. The number of aliphatic hydroxyl groups is 1. The molecule has 1 atom stereocenters. The van der Waals surface area contributed by atoms with Gasteiger partial charge in [0.1, 0.15) is 0 Å². The highest BCUT2D eigenvalue weighted by Gasteiger charge is 2.26. The zero-order valence-electron chi connectivity index (χ0n) is 11.2. The van der Waals surface area contributed by atoms with E-state index in [-0.39, 0.29) is 0 Å². The molecule has 0 saturated carbocycles. The maximum Gasteiger partial charge on any atom is 0.0824 e. The monoisotopic (exact) mass is 239 g/mol. The number of hydrogen-bond donors (Lipinski definition) is 2. The van der Waals surface area contributed by atoms with Crippen molar-refractivity contribution in [3.05, 3.63) is 17.5 Å². The van der Waals surface area contributed by atoms with E-state index in [1.54, 1.807) is 0 Å². The molecule has 1 aromatic rings. The molecule has 4 nitrogen and oxygen atoms in total. The predicted octanol–water partition coefficient (Wildman–Crippen LogP) is 1.50. The molecular formula is C13H25N3O.